The first-order chi connectivity index (χ1) is 23.8. The molecule has 0 bridgehead atoms. The first-order valence-electron chi connectivity index (χ1n) is 16.3. The molecule has 0 fully saturated rings. The van der Waals surface area contributed by atoms with Gasteiger partial charge in [0.2, 0.25) is 5.95 Å². The van der Waals surface area contributed by atoms with Crippen LogP contribution in [0.25, 0.3) is 102 Å². The highest BCUT2D eigenvalue weighted by molar-refractivity contribution is 7.27. The number of aromatic nitrogens is 3. The molecule has 0 aliphatic carbocycles. The maximum Gasteiger partial charge on any atom is 0.235 e. The second-order valence-electron chi connectivity index (χ2n) is 12.5. The van der Waals surface area contributed by atoms with Crippen molar-refractivity contribution in [2.75, 3.05) is 0 Å². The SMILES string of the molecule is c1ccc2c(-c3nc(-n4c5c6ccccc6ccc5c5c6ccccc6c6c7ccccc7sc6c54)nc4ccccc34)cccc2c1. The predicted molar refractivity (Wildman–Crippen MR) is 205 cm³/mol. The fourth-order valence-electron chi connectivity index (χ4n) is 7.94. The Morgan fingerprint density at radius 1 is 0.417 bits per heavy atom. The summed E-state index contributed by atoms with van der Waals surface area (Å²) >= 11 is 1.87. The zero-order valence-electron chi connectivity index (χ0n) is 25.7. The van der Waals surface area contributed by atoms with Gasteiger partial charge in [0, 0.05) is 42.6 Å². The number of thiophene rings is 1. The zero-order chi connectivity index (χ0) is 31.3. The lowest BCUT2D eigenvalue weighted by atomic mass is 9.98. The number of nitrogens with zero attached hydrogens (tertiary/aromatic N) is 3. The van der Waals surface area contributed by atoms with E-state index in [2.05, 4.69) is 156 Å². The van der Waals surface area contributed by atoms with Crippen molar-refractivity contribution in [1.29, 1.82) is 0 Å². The fraction of sp³-hybridized carbons (Fsp3) is 0. The van der Waals surface area contributed by atoms with Crippen molar-refractivity contribution < 1.29 is 0 Å². The Bertz CT molecular complexity index is 3120. The van der Waals surface area contributed by atoms with Gasteiger partial charge in [-0.2, -0.15) is 0 Å². The van der Waals surface area contributed by atoms with Crippen LogP contribution in [0, 0.1) is 0 Å². The van der Waals surface area contributed by atoms with Crippen LogP contribution >= 0.6 is 11.3 Å². The summed E-state index contributed by atoms with van der Waals surface area (Å²) in [6.07, 6.45) is 0. The summed E-state index contributed by atoms with van der Waals surface area (Å²) in [5, 5.41) is 13.4. The lowest BCUT2D eigenvalue weighted by Gasteiger charge is -2.14. The summed E-state index contributed by atoms with van der Waals surface area (Å²) < 4.78 is 4.91. The molecule has 0 unspecified atom stereocenters. The van der Waals surface area contributed by atoms with Crippen molar-refractivity contribution in [3.63, 3.8) is 0 Å². The lowest BCUT2D eigenvalue weighted by molar-refractivity contribution is 1.02. The smallest absolute Gasteiger partial charge is 0.235 e. The van der Waals surface area contributed by atoms with Gasteiger partial charge in [0.1, 0.15) is 0 Å². The summed E-state index contributed by atoms with van der Waals surface area (Å²) in [5.74, 6) is 0.682. The van der Waals surface area contributed by atoms with E-state index >= 15 is 0 Å². The van der Waals surface area contributed by atoms with E-state index in [9.17, 15) is 0 Å². The number of para-hydroxylation sites is 1. The minimum absolute atomic E-state index is 0.682. The summed E-state index contributed by atoms with van der Waals surface area (Å²) in [5.41, 5.74) is 5.27. The molecule has 11 aromatic rings. The molecule has 0 amide bonds. The third-order valence-electron chi connectivity index (χ3n) is 9.97. The van der Waals surface area contributed by atoms with E-state index in [0.717, 1.165) is 33.2 Å². The molecule has 48 heavy (non-hydrogen) atoms. The van der Waals surface area contributed by atoms with Crippen LogP contribution in [-0.4, -0.2) is 14.5 Å². The lowest BCUT2D eigenvalue weighted by Crippen LogP contribution is -2.04. The van der Waals surface area contributed by atoms with E-state index in [-0.39, 0.29) is 0 Å². The topological polar surface area (TPSA) is 30.7 Å². The highest BCUT2D eigenvalue weighted by atomic mass is 32.1. The maximum absolute atomic E-state index is 5.57. The number of fused-ring (bicyclic) bond motifs is 14. The van der Waals surface area contributed by atoms with Crippen molar-refractivity contribution in [3.05, 3.63) is 152 Å². The second-order valence-corrected chi connectivity index (χ2v) is 13.6. The Balaban J connectivity index is 1.41. The van der Waals surface area contributed by atoms with Gasteiger partial charge >= 0.3 is 0 Å². The van der Waals surface area contributed by atoms with Crippen LogP contribution in [0.3, 0.4) is 0 Å². The maximum atomic E-state index is 5.57. The average Bonchev–Trinajstić information content (AvgIpc) is 3.72. The van der Waals surface area contributed by atoms with Crippen molar-refractivity contribution >= 4 is 96.5 Å². The molecule has 0 spiro atoms. The molecule has 3 aromatic heterocycles. The molecule has 0 aliphatic heterocycles. The second kappa shape index (κ2) is 9.71. The van der Waals surface area contributed by atoms with E-state index in [1.807, 2.05) is 11.3 Å². The summed E-state index contributed by atoms with van der Waals surface area (Å²) in [6, 6.07) is 54.5. The first-order valence-corrected chi connectivity index (χ1v) is 17.1. The van der Waals surface area contributed by atoms with Gasteiger partial charge in [0.05, 0.1) is 26.9 Å². The van der Waals surface area contributed by atoms with Gasteiger partial charge in [0.15, 0.2) is 0 Å². The van der Waals surface area contributed by atoms with Gasteiger partial charge in [-0.05, 0) is 39.1 Å². The Morgan fingerprint density at radius 2 is 1.04 bits per heavy atom. The van der Waals surface area contributed by atoms with E-state index in [1.54, 1.807) is 0 Å². The summed E-state index contributed by atoms with van der Waals surface area (Å²) in [6.45, 7) is 0. The molecule has 3 nitrogen and oxygen atoms in total. The third kappa shape index (κ3) is 3.47. The molecule has 3 heterocycles. The van der Waals surface area contributed by atoms with E-state index in [0.29, 0.717) is 5.95 Å². The molecule has 0 N–H and O–H groups in total. The molecule has 0 saturated heterocycles. The van der Waals surface area contributed by atoms with Crippen molar-refractivity contribution in [2.45, 2.75) is 0 Å². The van der Waals surface area contributed by atoms with Crippen LogP contribution in [0.4, 0.5) is 0 Å². The highest BCUT2D eigenvalue weighted by Crippen LogP contribution is 2.49. The summed E-state index contributed by atoms with van der Waals surface area (Å²) in [7, 11) is 0. The first kappa shape index (κ1) is 26.0. The molecule has 0 radical (unpaired) electrons. The Kier molecular flexibility index (Phi) is 5.26. The molecule has 222 valence electrons. The van der Waals surface area contributed by atoms with Crippen molar-refractivity contribution in [1.82, 2.24) is 14.5 Å². The molecule has 11 rings (SSSR count). The minimum atomic E-state index is 0.682. The van der Waals surface area contributed by atoms with Gasteiger partial charge < -0.3 is 0 Å². The molecular weight excluding hydrogens is 603 g/mol. The molecule has 8 aromatic carbocycles. The van der Waals surface area contributed by atoms with Crippen LogP contribution in [0.2, 0.25) is 0 Å². The van der Waals surface area contributed by atoms with E-state index < -0.39 is 0 Å². The monoisotopic (exact) mass is 627 g/mol. The molecule has 0 aliphatic rings. The average molecular weight is 628 g/mol. The Labute approximate surface area is 278 Å². The third-order valence-corrected chi connectivity index (χ3v) is 11.1. The molecular formula is C44H25N3S. The number of rotatable bonds is 2. The quantitative estimate of drug-likeness (QED) is 0.191. The van der Waals surface area contributed by atoms with Crippen LogP contribution < -0.4 is 0 Å². The number of benzene rings is 8. The van der Waals surface area contributed by atoms with Gasteiger partial charge in [-0.1, -0.05) is 140 Å². The highest BCUT2D eigenvalue weighted by Gasteiger charge is 2.25. The molecule has 4 heteroatoms. The van der Waals surface area contributed by atoms with Crippen LogP contribution in [0.1, 0.15) is 0 Å². The number of hydrogen-bond donors (Lipinski definition) is 0. The molecule has 0 atom stereocenters. The van der Waals surface area contributed by atoms with E-state index in [1.165, 1.54) is 63.3 Å². The standard InChI is InChI=1S/C44H25N3S/c1-3-15-28-26(12-1)14-11-21-32(28)40-33-19-7-9-22-36(33)45-44(46-40)47-41-29-16-4-2-13-27(29)24-25-35(41)38-30-17-5-6-18-31(30)39-34-20-8-10-23-37(34)48-43(39)42(38)47/h1-25H. The van der Waals surface area contributed by atoms with E-state index in [4.69, 9.17) is 9.97 Å². The van der Waals surface area contributed by atoms with Crippen LogP contribution in [0.15, 0.2) is 152 Å². The summed E-state index contributed by atoms with van der Waals surface area (Å²) in [4.78, 5) is 11.0. The van der Waals surface area contributed by atoms with Crippen molar-refractivity contribution in [3.8, 4) is 17.2 Å². The van der Waals surface area contributed by atoms with Gasteiger partial charge in [-0.3, -0.25) is 4.57 Å². The minimum Gasteiger partial charge on any atom is -0.276 e. The Hall–Kier alpha value is -6.10. The zero-order valence-corrected chi connectivity index (χ0v) is 26.5. The normalized spacial score (nSPS) is 12.2. The molecule has 0 saturated carbocycles. The fourth-order valence-corrected chi connectivity index (χ4v) is 9.20. The van der Waals surface area contributed by atoms with Gasteiger partial charge in [0.25, 0.3) is 0 Å². The predicted octanol–water partition coefficient (Wildman–Crippen LogP) is 12.2. The number of hydrogen-bond acceptors (Lipinski definition) is 3. The van der Waals surface area contributed by atoms with Gasteiger partial charge in [-0.15, -0.1) is 11.3 Å². The van der Waals surface area contributed by atoms with Crippen LogP contribution in [-0.2, 0) is 0 Å². The van der Waals surface area contributed by atoms with Crippen molar-refractivity contribution in [2.24, 2.45) is 0 Å². The van der Waals surface area contributed by atoms with Gasteiger partial charge in [-0.25, -0.2) is 9.97 Å². The largest absolute Gasteiger partial charge is 0.276 e. The Morgan fingerprint density at radius 3 is 1.88 bits per heavy atom. The van der Waals surface area contributed by atoms with Crippen LogP contribution in [0.5, 0.6) is 0 Å².